The summed E-state index contributed by atoms with van der Waals surface area (Å²) < 4.78 is 13.1. The van der Waals surface area contributed by atoms with E-state index in [1.54, 1.807) is 62.4 Å². The molecule has 4 rings (SSSR count). The fraction of sp³-hybridized carbons (Fsp3) is 0.192. The molecule has 0 bridgehead atoms. The van der Waals surface area contributed by atoms with Crippen molar-refractivity contribution >= 4 is 40.8 Å². The first-order chi connectivity index (χ1) is 18.3. The minimum absolute atomic E-state index is 0.0938. The van der Waals surface area contributed by atoms with E-state index in [0.717, 1.165) is 10.1 Å². The second-order valence-corrected chi connectivity index (χ2v) is 8.78. The van der Waals surface area contributed by atoms with Gasteiger partial charge < -0.3 is 14.8 Å². The number of pyridine rings is 1. The number of nitrogens with one attached hydrogen (secondary N) is 1. The van der Waals surface area contributed by atoms with Crippen molar-refractivity contribution in [2.75, 3.05) is 11.9 Å². The SMILES string of the molecule is CCOC(=O)c1cnc(Oc2ccc(Nc3nc(=O)n(CC)c(=O)n3Cc3ccc(Cl)cc3)cc2)cc1Cl. The van der Waals surface area contributed by atoms with E-state index >= 15 is 0 Å². The Bertz CT molecular complexity index is 1570. The van der Waals surface area contributed by atoms with Gasteiger partial charge in [-0.15, -0.1) is 0 Å². The lowest BCUT2D eigenvalue weighted by molar-refractivity contribution is 0.0526. The third kappa shape index (κ3) is 6.21. The van der Waals surface area contributed by atoms with Crippen molar-refractivity contribution in [2.24, 2.45) is 0 Å². The number of hydrogen-bond acceptors (Lipinski definition) is 8. The predicted molar refractivity (Wildman–Crippen MR) is 144 cm³/mol. The zero-order valence-electron chi connectivity index (χ0n) is 20.5. The largest absolute Gasteiger partial charge is 0.462 e. The average Bonchev–Trinajstić information content (AvgIpc) is 2.89. The van der Waals surface area contributed by atoms with Crippen molar-refractivity contribution in [1.29, 1.82) is 0 Å². The maximum atomic E-state index is 13.0. The third-order valence-corrected chi connectivity index (χ3v) is 5.94. The highest BCUT2D eigenvalue weighted by molar-refractivity contribution is 6.33. The minimum Gasteiger partial charge on any atom is -0.462 e. The highest BCUT2D eigenvalue weighted by Gasteiger charge is 2.15. The molecular formula is C26H23Cl2N5O5. The van der Waals surface area contributed by atoms with Crippen LogP contribution in [0.1, 0.15) is 29.8 Å². The predicted octanol–water partition coefficient (Wildman–Crippen LogP) is 4.89. The molecule has 38 heavy (non-hydrogen) atoms. The molecular weight excluding hydrogens is 533 g/mol. The average molecular weight is 556 g/mol. The zero-order valence-corrected chi connectivity index (χ0v) is 22.0. The van der Waals surface area contributed by atoms with E-state index < -0.39 is 17.3 Å². The molecule has 0 saturated carbocycles. The number of halogens is 2. The van der Waals surface area contributed by atoms with Gasteiger partial charge in [-0.05, 0) is 55.8 Å². The van der Waals surface area contributed by atoms with Crippen LogP contribution in [0.2, 0.25) is 10.0 Å². The Morgan fingerprint density at radius 1 is 1.00 bits per heavy atom. The number of benzene rings is 2. The van der Waals surface area contributed by atoms with Gasteiger partial charge in [0, 0.05) is 29.5 Å². The highest BCUT2D eigenvalue weighted by atomic mass is 35.5. The van der Waals surface area contributed by atoms with Crippen molar-refractivity contribution in [3.63, 3.8) is 0 Å². The fourth-order valence-electron chi connectivity index (χ4n) is 3.49. The van der Waals surface area contributed by atoms with E-state index in [1.165, 1.54) is 16.8 Å². The summed E-state index contributed by atoms with van der Waals surface area (Å²) in [7, 11) is 0. The molecule has 0 aliphatic heterocycles. The molecule has 0 saturated heterocycles. The van der Waals surface area contributed by atoms with E-state index in [4.69, 9.17) is 32.7 Å². The van der Waals surface area contributed by atoms with Crippen molar-refractivity contribution < 1.29 is 14.3 Å². The summed E-state index contributed by atoms with van der Waals surface area (Å²) in [6.07, 6.45) is 1.29. The molecule has 0 radical (unpaired) electrons. The number of anilines is 2. The number of hydrogen-bond donors (Lipinski definition) is 1. The molecule has 10 nitrogen and oxygen atoms in total. The summed E-state index contributed by atoms with van der Waals surface area (Å²) in [5, 5.41) is 3.76. The molecule has 0 spiro atoms. The van der Waals surface area contributed by atoms with Gasteiger partial charge in [0.2, 0.25) is 11.8 Å². The van der Waals surface area contributed by atoms with Crippen LogP contribution in [-0.2, 0) is 17.8 Å². The standard InChI is InChI=1S/C26H23Cl2N5O5/c1-3-32-25(35)31-24(33(26(32)36)15-16-5-7-17(27)8-6-16)30-18-9-11-19(12-10-18)38-22-13-21(28)20(14-29-22)23(34)37-4-2/h5-14H,3-4,15H2,1-2H3,(H,30,31,35). The quantitative estimate of drug-likeness (QED) is 0.290. The smallest absolute Gasteiger partial charge is 0.354 e. The minimum atomic E-state index is -0.651. The number of carbonyl (C=O) groups is 1. The van der Waals surface area contributed by atoms with Crippen LogP contribution in [0, 0.1) is 0 Å². The van der Waals surface area contributed by atoms with E-state index in [2.05, 4.69) is 15.3 Å². The fourth-order valence-corrected chi connectivity index (χ4v) is 3.84. The zero-order chi connectivity index (χ0) is 27.2. The third-order valence-electron chi connectivity index (χ3n) is 5.38. The molecule has 0 atom stereocenters. The Balaban J connectivity index is 1.55. The highest BCUT2D eigenvalue weighted by Crippen LogP contribution is 2.26. The number of nitrogens with zero attached hydrogens (tertiary/aromatic N) is 4. The van der Waals surface area contributed by atoms with E-state index in [9.17, 15) is 14.4 Å². The van der Waals surface area contributed by atoms with Crippen LogP contribution < -0.4 is 21.4 Å². The van der Waals surface area contributed by atoms with E-state index in [-0.39, 0.29) is 42.1 Å². The monoisotopic (exact) mass is 555 g/mol. The molecule has 2 heterocycles. The molecule has 0 fully saturated rings. The second-order valence-electron chi connectivity index (χ2n) is 7.93. The van der Waals surface area contributed by atoms with Gasteiger partial charge in [0.1, 0.15) is 5.75 Å². The first-order valence-electron chi connectivity index (χ1n) is 11.6. The molecule has 196 valence electrons. The number of aromatic nitrogens is 4. The molecule has 0 unspecified atom stereocenters. The van der Waals surface area contributed by atoms with Crippen LogP contribution in [0.3, 0.4) is 0 Å². The van der Waals surface area contributed by atoms with E-state index in [1.807, 2.05) is 0 Å². The lowest BCUT2D eigenvalue weighted by Crippen LogP contribution is -2.42. The first kappa shape index (κ1) is 26.9. The normalized spacial score (nSPS) is 10.7. The number of esters is 1. The van der Waals surface area contributed by atoms with Crippen molar-refractivity contribution in [1.82, 2.24) is 19.1 Å². The van der Waals surface area contributed by atoms with Crippen LogP contribution in [0.4, 0.5) is 11.6 Å². The maximum Gasteiger partial charge on any atom is 0.354 e. The lowest BCUT2D eigenvalue weighted by atomic mass is 10.2. The molecule has 12 heteroatoms. The molecule has 0 amide bonds. The summed E-state index contributed by atoms with van der Waals surface area (Å²) in [4.78, 5) is 45.6. The van der Waals surface area contributed by atoms with Crippen LogP contribution in [0.5, 0.6) is 11.6 Å². The Hall–Kier alpha value is -4.15. The number of rotatable bonds is 9. The Morgan fingerprint density at radius 3 is 2.34 bits per heavy atom. The molecule has 2 aromatic heterocycles. The molecule has 0 aliphatic carbocycles. The van der Waals surface area contributed by atoms with Gasteiger partial charge in [0.05, 0.1) is 23.7 Å². The molecule has 1 N–H and O–H groups in total. The molecule has 2 aromatic carbocycles. The van der Waals surface area contributed by atoms with Gasteiger partial charge in [0.15, 0.2) is 0 Å². The first-order valence-corrected chi connectivity index (χ1v) is 12.4. The summed E-state index contributed by atoms with van der Waals surface area (Å²) in [5.41, 5.74) is 0.376. The summed E-state index contributed by atoms with van der Waals surface area (Å²) in [5.74, 6) is 0.152. The Kier molecular flexibility index (Phi) is 8.45. The lowest BCUT2D eigenvalue weighted by Gasteiger charge is -2.15. The van der Waals surface area contributed by atoms with Gasteiger partial charge >= 0.3 is 17.3 Å². The number of carbonyl (C=O) groups excluding carboxylic acids is 1. The van der Waals surface area contributed by atoms with Gasteiger partial charge in [-0.3, -0.25) is 4.57 Å². The summed E-state index contributed by atoms with van der Waals surface area (Å²) in [6, 6.07) is 15.2. The second kappa shape index (κ2) is 11.9. The molecule has 4 aromatic rings. The topological polar surface area (TPSA) is 117 Å². The summed E-state index contributed by atoms with van der Waals surface area (Å²) in [6.45, 7) is 3.99. The Morgan fingerprint density at radius 2 is 1.71 bits per heavy atom. The van der Waals surface area contributed by atoms with Crippen molar-refractivity contribution in [3.05, 3.63) is 103 Å². The van der Waals surface area contributed by atoms with Gasteiger partial charge in [-0.25, -0.2) is 23.9 Å². The van der Waals surface area contributed by atoms with Crippen LogP contribution >= 0.6 is 23.2 Å². The van der Waals surface area contributed by atoms with Gasteiger partial charge in [0.25, 0.3) is 0 Å². The maximum absolute atomic E-state index is 13.0. The van der Waals surface area contributed by atoms with Crippen LogP contribution in [0.25, 0.3) is 0 Å². The summed E-state index contributed by atoms with van der Waals surface area (Å²) >= 11 is 12.1. The van der Waals surface area contributed by atoms with Gasteiger partial charge in [-0.2, -0.15) is 4.98 Å². The van der Waals surface area contributed by atoms with Crippen molar-refractivity contribution in [2.45, 2.75) is 26.9 Å². The number of ether oxygens (including phenoxy) is 2. The van der Waals surface area contributed by atoms with Crippen LogP contribution in [0.15, 0.2) is 70.4 Å². The van der Waals surface area contributed by atoms with E-state index in [0.29, 0.717) is 16.5 Å². The van der Waals surface area contributed by atoms with Crippen LogP contribution in [-0.4, -0.2) is 31.7 Å². The molecule has 0 aliphatic rings. The Labute approximate surface area is 227 Å². The van der Waals surface area contributed by atoms with Gasteiger partial charge in [-0.1, -0.05) is 35.3 Å². The van der Waals surface area contributed by atoms with Crippen molar-refractivity contribution in [3.8, 4) is 11.6 Å².